The number of nitrogens with one attached hydrogen (secondary N) is 1. The maximum Gasteiger partial charge on any atom is 0.231 e. The Morgan fingerprint density at radius 1 is 1.12 bits per heavy atom. The Kier molecular flexibility index (Phi) is 8.34. The number of halogens is 1. The van der Waals surface area contributed by atoms with Crippen molar-refractivity contribution in [3.8, 4) is 11.5 Å². The summed E-state index contributed by atoms with van der Waals surface area (Å²) in [5.41, 5.74) is 6.77. The Labute approximate surface area is 154 Å². The number of nitrogens with two attached hydrogens (primary N) is 1. The number of benzene rings is 1. The summed E-state index contributed by atoms with van der Waals surface area (Å²) in [5, 5.41) is 2.73. The van der Waals surface area contributed by atoms with Gasteiger partial charge in [0.2, 0.25) is 18.6 Å². The summed E-state index contributed by atoms with van der Waals surface area (Å²) >= 11 is 0. The van der Waals surface area contributed by atoms with Gasteiger partial charge in [0.05, 0.1) is 11.4 Å². The number of anilines is 2. The zero-order chi connectivity index (χ0) is 17.5. The van der Waals surface area contributed by atoms with Gasteiger partial charge < -0.3 is 25.4 Å². The maximum absolute atomic E-state index is 12.2. The minimum absolute atomic E-state index is 0. The van der Waals surface area contributed by atoms with E-state index in [1.165, 1.54) is 0 Å². The van der Waals surface area contributed by atoms with Crippen LogP contribution in [-0.2, 0) is 9.59 Å². The third kappa shape index (κ3) is 5.70. The van der Waals surface area contributed by atoms with Crippen molar-refractivity contribution in [3.05, 3.63) is 12.1 Å². The van der Waals surface area contributed by atoms with Gasteiger partial charge in [0.15, 0.2) is 11.5 Å². The molecule has 1 heterocycles. The van der Waals surface area contributed by atoms with Crippen molar-refractivity contribution < 1.29 is 19.1 Å². The summed E-state index contributed by atoms with van der Waals surface area (Å²) < 4.78 is 10.5. The molecule has 1 aliphatic rings. The van der Waals surface area contributed by atoms with Crippen molar-refractivity contribution >= 4 is 35.6 Å². The number of ether oxygens (including phenoxy) is 2. The smallest absolute Gasteiger partial charge is 0.231 e. The van der Waals surface area contributed by atoms with Crippen molar-refractivity contribution in [2.45, 2.75) is 39.5 Å². The summed E-state index contributed by atoms with van der Waals surface area (Å²) in [7, 11) is 0. The fourth-order valence-corrected chi connectivity index (χ4v) is 2.56. The van der Waals surface area contributed by atoms with Gasteiger partial charge in [-0.1, -0.05) is 13.8 Å². The lowest BCUT2D eigenvalue weighted by atomic mass is 10.2. The molecule has 2 amide bonds. The van der Waals surface area contributed by atoms with Crippen molar-refractivity contribution in [1.82, 2.24) is 4.90 Å². The summed E-state index contributed by atoms with van der Waals surface area (Å²) in [6, 6.07) is 3.26. The third-order valence-electron chi connectivity index (χ3n) is 3.72. The van der Waals surface area contributed by atoms with E-state index in [0.717, 1.165) is 25.9 Å². The molecule has 0 saturated heterocycles. The SMILES string of the molecule is CCCN(CCC)C(=O)CCC(=O)Nc1cc2c(cc1N)OCO2.Cl. The zero-order valence-corrected chi connectivity index (χ0v) is 15.5. The molecular weight excluding hydrogens is 346 g/mol. The molecule has 8 heteroatoms. The van der Waals surface area contributed by atoms with E-state index in [4.69, 9.17) is 15.2 Å². The first-order valence-electron chi connectivity index (χ1n) is 8.31. The number of nitrogens with zero attached hydrogens (tertiary/aromatic N) is 1. The van der Waals surface area contributed by atoms with Crippen LogP contribution < -0.4 is 20.5 Å². The quantitative estimate of drug-likeness (QED) is 0.685. The lowest BCUT2D eigenvalue weighted by Crippen LogP contribution is -2.33. The fourth-order valence-electron chi connectivity index (χ4n) is 2.56. The molecule has 1 aliphatic heterocycles. The van der Waals surface area contributed by atoms with Gasteiger partial charge in [-0.3, -0.25) is 9.59 Å². The van der Waals surface area contributed by atoms with Crippen molar-refractivity contribution in [1.29, 1.82) is 0 Å². The van der Waals surface area contributed by atoms with E-state index in [-0.39, 0.29) is 43.9 Å². The van der Waals surface area contributed by atoms with Gasteiger partial charge in [0.25, 0.3) is 0 Å². The van der Waals surface area contributed by atoms with Crippen LogP contribution in [0.25, 0.3) is 0 Å². The molecule has 0 aromatic heterocycles. The van der Waals surface area contributed by atoms with Crippen LogP contribution in [-0.4, -0.2) is 36.6 Å². The van der Waals surface area contributed by atoms with Crippen LogP contribution in [0.1, 0.15) is 39.5 Å². The molecule has 7 nitrogen and oxygen atoms in total. The van der Waals surface area contributed by atoms with Crippen LogP contribution in [0.4, 0.5) is 11.4 Å². The normalized spacial score (nSPS) is 11.6. The Hall–Kier alpha value is -2.15. The molecular formula is C17H26ClN3O4. The second-order valence-corrected chi connectivity index (χ2v) is 5.72. The number of carbonyl (C=O) groups excluding carboxylic acids is 2. The minimum atomic E-state index is -0.248. The highest BCUT2D eigenvalue weighted by molar-refractivity contribution is 5.96. The molecule has 140 valence electrons. The molecule has 0 saturated carbocycles. The first kappa shape index (κ1) is 20.9. The van der Waals surface area contributed by atoms with Gasteiger partial charge in [0, 0.05) is 38.1 Å². The van der Waals surface area contributed by atoms with Gasteiger partial charge in [-0.2, -0.15) is 0 Å². The molecule has 0 unspecified atom stereocenters. The van der Waals surface area contributed by atoms with Gasteiger partial charge in [-0.25, -0.2) is 0 Å². The van der Waals surface area contributed by atoms with Crippen LogP contribution >= 0.6 is 12.4 Å². The van der Waals surface area contributed by atoms with Crippen LogP contribution in [0.3, 0.4) is 0 Å². The summed E-state index contributed by atoms with van der Waals surface area (Å²) in [5.74, 6) is 0.873. The number of rotatable bonds is 8. The average Bonchev–Trinajstić information content (AvgIpc) is 2.99. The van der Waals surface area contributed by atoms with Crippen molar-refractivity contribution in [3.63, 3.8) is 0 Å². The van der Waals surface area contributed by atoms with Crippen molar-refractivity contribution in [2.24, 2.45) is 0 Å². The van der Waals surface area contributed by atoms with Crippen LogP contribution in [0, 0.1) is 0 Å². The van der Waals surface area contributed by atoms with Crippen LogP contribution in [0.15, 0.2) is 12.1 Å². The van der Waals surface area contributed by atoms with E-state index in [1.54, 1.807) is 12.1 Å². The fraction of sp³-hybridized carbons (Fsp3) is 0.529. The van der Waals surface area contributed by atoms with Gasteiger partial charge in [-0.15, -0.1) is 12.4 Å². The molecule has 1 aromatic carbocycles. The van der Waals surface area contributed by atoms with Gasteiger partial charge in [-0.05, 0) is 12.8 Å². The molecule has 0 radical (unpaired) electrons. The average molecular weight is 372 g/mol. The Morgan fingerprint density at radius 2 is 1.72 bits per heavy atom. The molecule has 1 aromatic rings. The Balaban J connectivity index is 0.00000312. The number of fused-ring (bicyclic) bond motifs is 1. The van der Waals surface area contributed by atoms with E-state index in [9.17, 15) is 9.59 Å². The molecule has 3 N–H and O–H groups in total. The third-order valence-corrected chi connectivity index (χ3v) is 3.72. The van der Waals surface area contributed by atoms with Crippen LogP contribution in [0.2, 0.25) is 0 Å². The van der Waals surface area contributed by atoms with E-state index in [0.29, 0.717) is 22.9 Å². The molecule has 0 aliphatic carbocycles. The Bertz CT molecular complexity index is 604. The number of hydrogen-bond donors (Lipinski definition) is 2. The first-order valence-corrected chi connectivity index (χ1v) is 8.31. The number of hydrogen-bond acceptors (Lipinski definition) is 5. The second-order valence-electron chi connectivity index (χ2n) is 5.72. The minimum Gasteiger partial charge on any atom is -0.454 e. The monoisotopic (exact) mass is 371 g/mol. The standard InChI is InChI=1S/C17H25N3O4.ClH/c1-3-7-20(8-4-2)17(22)6-5-16(21)19-13-10-15-14(9-12(13)18)23-11-24-15;/h9-10H,3-8,11,18H2,1-2H3,(H,19,21);1H. The first-order chi connectivity index (χ1) is 11.5. The lowest BCUT2D eigenvalue weighted by molar-refractivity contribution is -0.132. The van der Waals surface area contributed by atoms with Gasteiger partial charge in [0.1, 0.15) is 0 Å². The maximum atomic E-state index is 12.2. The van der Waals surface area contributed by atoms with Crippen LogP contribution in [0.5, 0.6) is 11.5 Å². The zero-order valence-electron chi connectivity index (χ0n) is 14.7. The molecule has 0 spiro atoms. The van der Waals surface area contributed by atoms with E-state index in [2.05, 4.69) is 5.32 Å². The summed E-state index contributed by atoms with van der Waals surface area (Å²) in [6.45, 7) is 5.66. The summed E-state index contributed by atoms with van der Waals surface area (Å²) in [6.07, 6.45) is 2.13. The predicted molar refractivity (Wildman–Crippen MR) is 99.3 cm³/mol. The number of carbonyl (C=O) groups is 2. The molecule has 0 bridgehead atoms. The molecule has 25 heavy (non-hydrogen) atoms. The number of amides is 2. The Morgan fingerprint density at radius 3 is 2.32 bits per heavy atom. The van der Waals surface area contributed by atoms with E-state index in [1.807, 2.05) is 18.7 Å². The number of nitrogen functional groups attached to an aromatic ring is 1. The molecule has 0 fully saturated rings. The van der Waals surface area contributed by atoms with Gasteiger partial charge >= 0.3 is 0 Å². The summed E-state index contributed by atoms with van der Waals surface area (Å²) in [4.78, 5) is 26.1. The highest BCUT2D eigenvalue weighted by Gasteiger charge is 2.18. The second kappa shape index (κ2) is 9.98. The largest absolute Gasteiger partial charge is 0.454 e. The lowest BCUT2D eigenvalue weighted by Gasteiger charge is -2.21. The van der Waals surface area contributed by atoms with E-state index < -0.39 is 0 Å². The predicted octanol–water partition coefficient (Wildman–Crippen LogP) is 2.79. The highest BCUT2D eigenvalue weighted by Crippen LogP contribution is 2.38. The highest BCUT2D eigenvalue weighted by atomic mass is 35.5. The topological polar surface area (TPSA) is 93.9 Å². The molecule has 2 rings (SSSR count). The van der Waals surface area contributed by atoms with E-state index >= 15 is 0 Å². The van der Waals surface area contributed by atoms with Crippen molar-refractivity contribution in [2.75, 3.05) is 30.9 Å². The molecule has 0 atom stereocenters.